The highest BCUT2D eigenvalue weighted by molar-refractivity contribution is 14.0. The number of ether oxygens (including phenoxy) is 1. The summed E-state index contributed by atoms with van der Waals surface area (Å²) in [6.07, 6.45) is 3.55. The second kappa shape index (κ2) is 11.3. The van der Waals surface area contributed by atoms with Crippen LogP contribution in [0.15, 0.2) is 65.9 Å². The summed E-state index contributed by atoms with van der Waals surface area (Å²) in [7, 11) is 3.68. The van der Waals surface area contributed by atoms with Gasteiger partial charge in [-0.15, -0.1) is 24.0 Å². The Morgan fingerprint density at radius 2 is 1.93 bits per heavy atom. The molecule has 1 aromatic carbocycles. The molecule has 0 bridgehead atoms. The van der Waals surface area contributed by atoms with Crippen LogP contribution in [0, 0.1) is 0 Å². The highest BCUT2D eigenvalue weighted by Crippen LogP contribution is 2.14. The number of nitrogens with one attached hydrogen (secondary N) is 2. The van der Waals surface area contributed by atoms with Crippen molar-refractivity contribution >= 4 is 29.9 Å². The number of nitrogens with zero attached hydrogens (tertiary/aromatic N) is 4. The van der Waals surface area contributed by atoms with Gasteiger partial charge in [-0.2, -0.15) is 5.10 Å². The van der Waals surface area contributed by atoms with Crippen LogP contribution in [-0.4, -0.2) is 27.8 Å². The topological polar surface area (TPSA) is 76.4 Å². The number of hydrogen-bond donors (Lipinski definition) is 2. The van der Waals surface area contributed by atoms with E-state index in [1.807, 2.05) is 54.2 Å². The zero-order valence-electron chi connectivity index (χ0n) is 16.0. The summed E-state index contributed by atoms with van der Waals surface area (Å²) >= 11 is 0. The van der Waals surface area contributed by atoms with E-state index in [2.05, 4.69) is 31.8 Å². The quantitative estimate of drug-likeness (QED) is 0.302. The predicted octanol–water partition coefficient (Wildman–Crippen LogP) is 2.88. The van der Waals surface area contributed by atoms with Gasteiger partial charge in [0.15, 0.2) is 5.96 Å². The van der Waals surface area contributed by atoms with E-state index in [0.717, 1.165) is 28.7 Å². The second-order valence-electron chi connectivity index (χ2n) is 5.98. The number of aromatic nitrogens is 3. The lowest BCUT2D eigenvalue weighted by Crippen LogP contribution is -2.36. The molecule has 3 rings (SSSR count). The van der Waals surface area contributed by atoms with Gasteiger partial charge in [0.05, 0.1) is 17.9 Å². The smallest absolute Gasteiger partial charge is 0.191 e. The number of aliphatic imine (C=N–C) groups is 1. The first-order chi connectivity index (χ1) is 13.2. The molecule has 2 N–H and O–H groups in total. The SMILES string of the molecule is CN=C(NCc1cccc(OCc2ccccn2)c1)NCc1ccnn1C.I. The molecule has 0 fully saturated rings. The minimum Gasteiger partial charge on any atom is -0.487 e. The van der Waals surface area contributed by atoms with Gasteiger partial charge in [-0.3, -0.25) is 14.7 Å². The first kappa shape index (κ1) is 21.7. The predicted molar refractivity (Wildman–Crippen MR) is 121 cm³/mol. The Morgan fingerprint density at radius 1 is 1.07 bits per heavy atom. The third kappa shape index (κ3) is 6.52. The molecule has 2 heterocycles. The van der Waals surface area contributed by atoms with Gasteiger partial charge in [0.1, 0.15) is 12.4 Å². The van der Waals surface area contributed by atoms with E-state index in [1.54, 1.807) is 19.4 Å². The van der Waals surface area contributed by atoms with E-state index in [1.165, 1.54) is 0 Å². The zero-order valence-corrected chi connectivity index (χ0v) is 18.3. The van der Waals surface area contributed by atoms with Crippen molar-refractivity contribution in [3.8, 4) is 5.75 Å². The van der Waals surface area contributed by atoms with Crippen LogP contribution in [0.25, 0.3) is 0 Å². The van der Waals surface area contributed by atoms with Gasteiger partial charge in [-0.25, -0.2) is 0 Å². The van der Waals surface area contributed by atoms with Gasteiger partial charge in [-0.05, 0) is 35.9 Å². The van der Waals surface area contributed by atoms with Crippen LogP contribution in [0.2, 0.25) is 0 Å². The summed E-state index contributed by atoms with van der Waals surface area (Å²) in [5.41, 5.74) is 3.10. The third-order valence-corrected chi connectivity index (χ3v) is 4.05. The molecule has 7 nitrogen and oxygen atoms in total. The van der Waals surface area contributed by atoms with Gasteiger partial charge < -0.3 is 15.4 Å². The summed E-state index contributed by atoms with van der Waals surface area (Å²) in [6.45, 7) is 1.75. The van der Waals surface area contributed by atoms with Gasteiger partial charge in [0.2, 0.25) is 0 Å². The average Bonchev–Trinajstić information content (AvgIpc) is 3.12. The fourth-order valence-corrected chi connectivity index (χ4v) is 2.54. The highest BCUT2D eigenvalue weighted by atomic mass is 127. The summed E-state index contributed by atoms with van der Waals surface area (Å²) in [5.74, 6) is 1.55. The molecule has 0 aliphatic rings. The Labute approximate surface area is 182 Å². The molecule has 0 atom stereocenters. The van der Waals surface area contributed by atoms with Crippen molar-refractivity contribution in [1.82, 2.24) is 25.4 Å². The molecule has 0 aliphatic carbocycles. The van der Waals surface area contributed by atoms with Gasteiger partial charge in [-0.1, -0.05) is 18.2 Å². The zero-order chi connectivity index (χ0) is 18.9. The van der Waals surface area contributed by atoms with Gasteiger partial charge in [0, 0.05) is 33.0 Å². The van der Waals surface area contributed by atoms with E-state index in [-0.39, 0.29) is 24.0 Å². The van der Waals surface area contributed by atoms with Crippen LogP contribution in [-0.2, 0) is 26.7 Å². The molecule has 0 amide bonds. The molecule has 0 saturated carbocycles. The molecule has 2 aromatic heterocycles. The van der Waals surface area contributed by atoms with E-state index in [9.17, 15) is 0 Å². The number of aryl methyl sites for hydroxylation is 1. The first-order valence-corrected chi connectivity index (χ1v) is 8.77. The van der Waals surface area contributed by atoms with Gasteiger partial charge >= 0.3 is 0 Å². The van der Waals surface area contributed by atoms with Gasteiger partial charge in [0.25, 0.3) is 0 Å². The minimum atomic E-state index is 0. The maximum Gasteiger partial charge on any atom is 0.191 e. The molecule has 0 aliphatic heterocycles. The Kier molecular flexibility index (Phi) is 8.73. The van der Waals surface area contributed by atoms with E-state index in [4.69, 9.17) is 4.74 Å². The maximum atomic E-state index is 5.83. The van der Waals surface area contributed by atoms with Crippen molar-refractivity contribution in [2.45, 2.75) is 19.7 Å². The van der Waals surface area contributed by atoms with E-state index in [0.29, 0.717) is 19.7 Å². The van der Waals surface area contributed by atoms with Crippen molar-refractivity contribution < 1.29 is 4.74 Å². The van der Waals surface area contributed by atoms with Crippen molar-refractivity contribution in [2.75, 3.05) is 7.05 Å². The maximum absolute atomic E-state index is 5.83. The lowest BCUT2D eigenvalue weighted by molar-refractivity contribution is 0.301. The summed E-state index contributed by atoms with van der Waals surface area (Å²) in [6, 6.07) is 15.8. The number of guanidine groups is 1. The largest absolute Gasteiger partial charge is 0.487 e. The van der Waals surface area contributed by atoms with Crippen molar-refractivity contribution in [3.05, 3.63) is 77.9 Å². The molecule has 0 saturated heterocycles. The molecule has 3 aromatic rings. The average molecular weight is 492 g/mol. The number of hydrogen-bond acceptors (Lipinski definition) is 4. The van der Waals surface area contributed by atoms with Crippen LogP contribution >= 0.6 is 24.0 Å². The van der Waals surface area contributed by atoms with E-state index >= 15 is 0 Å². The third-order valence-electron chi connectivity index (χ3n) is 4.05. The van der Waals surface area contributed by atoms with Crippen molar-refractivity contribution in [2.24, 2.45) is 12.0 Å². The second-order valence-corrected chi connectivity index (χ2v) is 5.98. The number of rotatable bonds is 7. The molecular formula is C20H25IN6O. The molecular weight excluding hydrogens is 467 g/mol. The number of pyridine rings is 1. The van der Waals surface area contributed by atoms with Crippen LogP contribution in [0.5, 0.6) is 5.75 Å². The van der Waals surface area contributed by atoms with Crippen molar-refractivity contribution in [1.29, 1.82) is 0 Å². The summed E-state index contributed by atoms with van der Waals surface area (Å²) in [4.78, 5) is 8.52. The Balaban J connectivity index is 0.00000280. The molecule has 0 radical (unpaired) electrons. The van der Waals surface area contributed by atoms with Crippen molar-refractivity contribution in [3.63, 3.8) is 0 Å². The summed E-state index contributed by atoms with van der Waals surface area (Å²) < 4.78 is 7.67. The minimum absolute atomic E-state index is 0. The van der Waals surface area contributed by atoms with Crippen LogP contribution in [0.1, 0.15) is 17.0 Å². The van der Waals surface area contributed by atoms with E-state index < -0.39 is 0 Å². The first-order valence-electron chi connectivity index (χ1n) is 8.77. The fourth-order valence-electron chi connectivity index (χ4n) is 2.54. The Morgan fingerprint density at radius 3 is 2.64 bits per heavy atom. The summed E-state index contributed by atoms with van der Waals surface area (Å²) in [5, 5.41) is 10.8. The number of benzene rings is 1. The molecule has 148 valence electrons. The van der Waals surface area contributed by atoms with Crippen LogP contribution in [0.4, 0.5) is 0 Å². The Hall–Kier alpha value is -2.62. The van der Waals surface area contributed by atoms with Crippen LogP contribution in [0.3, 0.4) is 0 Å². The Bertz CT molecular complexity index is 881. The molecule has 0 spiro atoms. The lowest BCUT2D eigenvalue weighted by atomic mass is 10.2. The fraction of sp³-hybridized carbons (Fsp3) is 0.250. The van der Waals surface area contributed by atoms with Crippen LogP contribution < -0.4 is 15.4 Å². The monoisotopic (exact) mass is 492 g/mol. The lowest BCUT2D eigenvalue weighted by Gasteiger charge is -2.13. The molecule has 0 unspecified atom stereocenters. The normalized spacial score (nSPS) is 10.9. The molecule has 28 heavy (non-hydrogen) atoms. The number of halogens is 1. The highest BCUT2D eigenvalue weighted by Gasteiger charge is 2.03. The standard InChI is InChI=1S/C20H24N6O.HI/c1-21-20(24-14-18-9-11-25-26(18)2)23-13-16-6-5-8-19(12-16)27-15-17-7-3-4-10-22-17;/h3-12H,13-15H2,1-2H3,(H2,21,23,24);1H. The molecule has 8 heteroatoms.